The third kappa shape index (κ3) is 5.20. The van der Waals surface area contributed by atoms with Crippen molar-refractivity contribution in [2.75, 3.05) is 31.2 Å². The van der Waals surface area contributed by atoms with E-state index in [1.54, 1.807) is 13.8 Å². The molecule has 1 aliphatic rings. The SMILES string of the molecule is Cc1ccccc1NC(=O)CN1CC(C)N(S(=O)(=O)c2ccccc2S(C)(=O)=O)C(C)C1. The zero-order chi connectivity index (χ0) is 23.7. The molecule has 0 aliphatic carbocycles. The number of nitrogens with zero attached hydrogens (tertiary/aromatic N) is 2. The number of aryl methyl sites for hydroxylation is 1. The minimum absolute atomic E-state index is 0.136. The highest BCUT2D eigenvalue weighted by Crippen LogP contribution is 2.29. The molecule has 1 N–H and O–H groups in total. The quantitative estimate of drug-likeness (QED) is 0.681. The maximum absolute atomic E-state index is 13.4. The molecule has 0 bridgehead atoms. The summed E-state index contributed by atoms with van der Waals surface area (Å²) in [6.45, 7) is 6.29. The second-order valence-electron chi connectivity index (χ2n) is 8.31. The Kier molecular flexibility index (Phi) is 7.09. The van der Waals surface area contributed by atoms with Crippen LogP contribution in [0.15, 0.2) is 58.3 Å². The first-order chi connectivity index (χ1) is 14.9. The van der Waals surface area contributed by atoms with Crippen molar-refractivity contribution >= 4 is 31.5 Å². The summed E-state index contributed by atoms with van der Waals surface area (Å²) in [5, 5.41) is 2.90. The summed E-state index contributed by atoms with van der Waals surface area (Å²) < 4.78 is 52.6. The fourth-order valence-corrected chi connectivity index (χ4v) is 7.62. The predicted octanol–water partition coefficient (Wildman–Crippen LogP) is 2.12. The van der Waals surface area contributed by atoms with Crippen molar-refractivity contribution in [1.29, 1.82) is 0 Å². The molecule has 1 aliphatic heterocycles. The van der Waals surface area contributed by atoms with E-state index < -0.39 is 31.9 Å². The lowest BCUT2D eigenvalue weighted by Crippen LogP contribution is -2.59. The van der Waals surface area contributed by atoms with Gasteiger partial charge in [0, 0.05) is 37.1 Å². The summed E-state index contributed by atoms with van der Waals surface area (Å²) in [6, 6.07) is 12.3. The van der Waals surface area contributed by atoms with Gasteiger partial charge in [0.2, 0.25) is 15.9 Å². The fourth-order valence-electron chi connectivity index (χ4n) is 4.21. The lowest BCUT2D eigenvalue weighted by molar-refractivity contribution is -0.118. The summed E-state index contributed by atoms with van der Waals surface area (Å²) in [4.78, 5) is 14.0. The third-order valence-electron chi connectivity index (χ3n) is 5.50. The van der Waals surface area contributed by atoms with E-state index in [1.807, 2.05) is 36.1 Å². The molecule has 8 nitrogen and oxygen atoms in total. The molecule has 1 saturated heterocycles. The Balaban J connectivity index is 1.77. The Morgan fingerprint density at radius 2 is 1.47 bits per heavy atom. The summed E-state index contributed by atoms with van der Waals surface area (Å²) in [5.74, 6) is -0.169. The summed E-state index contributed by atoms with van der Waals surface area (Å²) in [5.41, 5.74) is 1.71. The summed E-state index contributed by atoms with van der Waals surface area (Å²) >= 11 is 0. The van der Waals surface area contributed by atoms with E-state index in [1.165, 1.54) is 28.6 Å². The molecular formula is C22H29N3O5S2. The Hall–Kier alpha value is -2.27. The lowest BCUT2D eigenvalue weighted by Gasteiger charge is -2.43. The van der Waals surface area contributed by atoms with Crippen molar-refractivity contribution in [3.8, 4) is 0 Å². The number of carbonyl (C=O) groups excluding carboxylic acids is 1. The molecule has 0 radical (unpaired) electrons. The van der Waals surface area contributed by atoms with Crippen LogP contribution in [0.5, 0.6) is 0 Å². The van der Waals surface area contributed by atoms with Crippen LogP contribution < -0.4 is 5.32 Å². The van der Waals surface area contributed by atoms with Crippen LogP contribution >= 0.6 is 0 Å². The van der Waals surface area contributed by atoms with Crippen LogP contribution in [0.1, 0.15) is 19.4 Å². The standard InChI is InChI=1S/C22H29N3O5S2/c1-16-9-5-6-10-19(16)23-22(26)15-24-13-17(2)25(18(3)14-24)32(29,30)21-12-8-7-11-20(21)31(4,27)28/h5-12,17-18H,13-15H2,1-4H3,(H,23,26). The number of anilines is 1. The molecule has 0 aromatic heterocycles. The third-order valence-corrected chi connectivity index (χ3v) is 8.97. The maximum Gasteiger partial charge on any atom is 0.244 e. The number of nitrogens with one attached hydrogen (secondary N) is 1. The van der Waals surface area contributed by atoms with Crippen LogP contribution in [0.2, 0.25) is 0 Å². The van der Waals surface area contributed by atoms with Gasteiger partial charge in [-0.05, 0) is 44.5 Å². The summed E-state index contributed by atoms with van der Waals surface area (Å²) in [6.07, 6.45) is 0.999. The Morgan fingerprint density at radius 3 is 2.03 bits per heavy atom. The number of hydrogen-bond donors (Lipinski definition) is 1. The number of sulfonamides is 1. The molecule has 1 amide bonds. The number of rotatable bonds is 6. The summed E-state index contributed by atoms with van der Waals surface area (Å²) in [7, 11) is -7.77. The highest BCUT2D eigenvalue weighted by molar-refractivity contribution is 7.93. The van der Waals surface area contributed by atoms with E-state index in [2.05, 4.69) is 5.32 Å². The largest absolute Gasteiger partial charge is 0.325 e. The van der Waals surface area contributed by atoms with Gasteiger partial charge in [-0.2, -0.15) is 4.31 Å². The van der Waals surface area contributed by atoms with Gasteiger partial charge in [-0.1, -0.05) is 30.3 Å². The van der Waals surface area contributed by atoms with Crippen LogP contribution in [0, 0.1) is 6.92 Å². The molecule has 1 heterocycles. The smallest absolute Gasteiger partial charge is 0.244 e. The van der Waals surface area contributed by atoms with Gasteiger partial charge in [-0.25, -0.2) is 16.8 Å². The average molecular weight is 480 g/mol. The number of carbonyl (C=O) groups is 1. The van der Waals surface area contributed by atoms with E-state index in [0.29, 0.717) is 13.1 Å². The van der Waals surface area contributed by atoms with Crippen LogP contribution in [-0.2, 0) is 24.7 Å². The molecule has 1 fully saturated rings. The lowest BCUT2D eigenvalue weighted by atomic mass is 10.1. The van der Waals surface area contributed by atoms with E-state index in [4.69, 9.17) is 0 Å². The van der Waals surface area contributed by atoms with Crippen LogP contribution in [0.4, 0.5) is 5.69 Å². The number of hydrogen-bond acceptors (Lipinski definition) is 6. The Labute approximate surface area is 190 Å². The molecule has 3 rings (SSSR count). The van der Waals surface area contributed by atoms with Gasteiger partial charge in [-0.15, -0.1) is 0 Å². The highest BCUT2D eigenvalue weighted by atomic mass is 32.2. The average Bonchev–Trinajstić information content (AvgIpc) is 2.68. The van der Waals surface area contributed by atoms with Gasteiger partial charge in [-0.3, -0.25) is 9.69 Å². The molecule has 2 atom stereocenters. The van der Waals surface area contributed by atoms with Crippen molar-refractivity contribution < 1.29 is 21.6 Å². The van der Waals surface area contributed by atoms with Crippen LogP contribution in [-0.4, -0.2) is 69.9 Å². The molecule has 0 spiro atoms. The van der Waals surface area contributed by atoms with E-state index in [-0.39, 0.29) is 22.2 Å². The van der Waals surface area contributed by atoms with Crippen molar-refractivity contribution in [2.45, 2.75) is 42.6 Å². The molecule has 10 heteroatoms. The van der Waals surface area contributed by atoms with E-state index in [9.17, 15) is 21.6 Å². The molecule has 2 aromatic rings. The van der Waals surface area contributed by atoms with Gasteiger partial charge in [0.25, 0.3) is 0 Å². The first-order valence-corrected chi connectivity index (χ1v) is 13.6. The van der Waals surface area contributed by atoms with Crippen molar-refractivity contribution in [3.63, 3.8) is 0 Å². The van der Waals surface area contributed by atoms with E-state index >= 15 is 0 Å². The van der Waals surface area contributed by atoms with Crippen LogP contribution in [0.25, 0.3) is 0 Å². The Morgan fingerprint density at radius 1 is 0.938 bits per heavy atom. The minimum Gasteiger partial charge on any atom is -0.325 e. The fraction of sp³-hybridized carbons (Fsp3) is 0.409. The normalized spacial score (nSPS) is 20.8. The topological polar surface area (TPSA) is 104 Å². The number of benzene rings is 2. The van der Waals surface area contributed by atoms with Gasteiger partial charge in [0.15, 0.2) is 9.84 Å². The molecule has 174 valence electrons. The first kappa shape index (κ1) is 24.4. The Bertz CT molecular complexity index is 1200. The van der Waals surface area contributed by atoms with Crippen molar-refractivity contribution in [1.82, 2.24) is 9.21 Å². The van der Waals surface area contributed by atoms with E-state index in [0.717, 1.165) is 17.5 Å². The van der Waals surface area contributed by atoms with Gasteiger partial charge in [0.05, 0.1) is 11.4 Å². The number of amides is 1. The number of piperazine rings is 1. The second-order valence-corrected chi connectivity index (χ2v) is 12.1. The maximum atomic E-state index is 13.4. The second kappa shape index (κ2) is 9.30. The molecule has 2 unspecified atom stereocenters. The monoisotopic (exact) mass is 479 g/mol. The highest BCUT2D eigenvalue weighted by Gasteiger charge is 2.40. The van der Waals surface area contributed by atoms with Gasteiger partial charge < -0.3 is 5.32 Å². The molecule has 2 aromatic carbocycles. The van der Waals surface area contributed by atoms with Crippen LogP contribution in [0.3, 0.4) is 0 Å². The van der Waals surface area contributed by atoms with Crippen molar-refractivity contribution in [2.24, 2.45) is 0 Å². The first-order valence-electron chi connectivity index (χ1n) is 10.3. The van der Waals surface area contributed by atoms with Crippen molar-refractivity contribution in [3.05, 3.63) is 54.1 Å². The molecule has 0 saturated carbocycles. The minimum atomic E-state index is -4.05. The molecule has 32 heavy (non-hydrogen) atoms. The zero-order valence-corrected chi connectivity index (χ0v) is 20.3. The predicted molar refractivity (Wildman–Crippen MR) is 124 cm³/mol. The van der Waals surface area contributed by atoms with Gasteiger partial charge >= 0.3 is 0 Å². The number of para-hydroxylation sites is 1. The number of sulfone groups is 1. The zero-order valence-electron chi connectivity index (χ0n) is 18.6. The van der Waals surface area contributed by atoms with Gasteiger partial charge in [0.1, 0.15) is 4.90 Å². The molecular weight excluding hydrogens is 450 g/mol.